The maximum atomic E-state index is 12.7. The number of piperidine rings is 1. The molecule has 2 fully saturated rings. The molecule has 27 heavy (non-hydrogen) atoms. The van der Waals surface area contributed by atoms with Gasteiger partial charge in [0.05, 0.1) is 6.61 Å². The Bertz CT molecular complexity index is 569. The van der Waals surface area contributed by atoms with Gasteiger partial charge in [0.1, 0.15) is 12.4 Å². The predicted octanol–water partition coefficient (Wildman–Crippen LogP) is 3.49. The van der Waals surface area contributed by atoms with Crippen LogP contribution in [0.5, 0.6) is 5.75 Å². The van der Waals surface area contributed by atoms with Gasteiger partial charge in [0.15, 0.2) is 0 Å². The molecule has 2 aliphatic rings. The van der Waals surface area contributed by atoms with E-state index < -0.39 is 0 Å². The molecule has 1 aromatic carbocycles. The lowest BCUT2D eigenvalue weighted by molar-refractivity contribution is 0.0877. The highest BCUT2D eigenvalue weighted by Gasteiger charge is 2.28. The highest BCUT2D eigenvalue weighted by molar-refractivity contribution is 5.94. The first-order valence-electron chi connectivity index (χ1n) is 10.5. The molecule has 0 aromatic heterocycles. The Morgan fingerprint density at radius 2 is 1.78 bits per heavy atom. The van der Waals surface area contributed by atoms with Crippen LogP contribution in [0, 0.1) is 5.92 Å². The summed E-state index contributed by atoms with van der Waals surface area (Å²) in [7, 11) is 1.65. The number of hydrogen-bond acceptors (Lipinski definition) is 4. The SMILES string of the molecule is COCCOc1ccc(C(=O)NC2CCCCC2CN2CCCCC2)cc1. The van der Waals surface area contributed by atoms with Crippen molar-refractivity contribution in [1.82, 2.24) is 10.2 Å². The summed E-state index contributed by atoms with van der Waals surface area (Å²) in [6.07, 6.45) is 8.85. The highest BCUT2D eigenvalue weighted by atomic mass is 16.5. The van der Waals surface area contributed by atoms with Gasteiger partial charge in [0, 0.05) is 25.3 Å². The van der Waals surface area contributed by atoms with Gasteiger partial charge in [-0.1, -0.05) is 19.3 Å². The Labute approximate surface area is 163 Å². The van der Waals surface area contributed by atoms with Crippen LogP contribution in [0.15, 0.2) is 24.3 Å². The first kappa shape index (κ1) is 20.2. The molecule has 2 unspecified atom stereocenters. The van der Waals surface area contributed by atoms with Crippen molar-refractivity contribution in [3.05, 3.63) is 29.8 Å². The number of ether oxygens (including phenoxy) is 2. The summed E-state index contributed by atoms with van der Waals surface area (Å²) >= 11 is 0. The van der Waals surface area contributed by atoms with Crippen molar-refractivity contribution < 1.29 is 14.3 Å². The Morgan fingerprint density at radius 3 is 2.52 bits per heavy atom. The first-order valence-corrected chi connectivity index (χ1v) is 10.5. The van der Waals surface area contributed by atoms with Gasteiger partial charge in [-0.15, -0.1) is 0 Å². The zero-order chi connectivity index (χ0) is 18.9. The monoisotopic (exact) mass is 374 g/mol. The van der Waals surface area contributed by atoms with E-state index in [0.29, 0.717) is 30.7 Å². The van der Waals surface area contributed by atoms with Crippen LogP contribution in [0.3, 0.4) is 0 Å². The number of likely N-dealkylation sites (tertiary alicyclic amines) is 1. The van der Waals surface area contributed by atoms with E-state index in [1.54, 1.807) is 7.11 Å². The van der Waals surface area contributed by atoms with E-state index in [1.165, 1.54) is 51.6 Å². The third-order valence-corrected chi connectivity index (χ3v) is 5.84. The fourth-order valence-corrected chi connectivity index (χ4v) is 4.29. The van der Waals surface area contributed by atoms with Crippen LogP contribution in [0.4, 0.5) is 0 Å². The molecule has 1 aromatic rings. The number of nitrogens with one attached hydrogen (secondary N) is 1. The van der Waals surface area contributed by atoms with Crippen LogP contribution in [0.1, 0.15) is 55.3 Å². The molecule has 1 aliphatic heterocycles. The van der Waals surface area contributed by atoms with Crippen LogP contribution in [-0.2, 0) is 4.74 Å². The van der Waals surface area contributed by atoms with Gasteiger partial charge in [-0.2, -0.15) is 0 Å². The van der Waals surface area contributed by atoms with Crippen molar-refractivity contribution in [3.63, 3.8) is 0 Å². The van der Waals surface area contributed by atoms with Crippen LogP contribution in [-0.4, -0.2) is 56.8 Å². The maximum absolute atomic E-state index is 12.7. The largest absolute Gasteiger partial charge is 0.491 e. The number of nitrogens with zero attached hydrogens (tertiary/aromatic N) is 1. The summed E-state index contributed by atoms with van der Waals surface area (Å²) in [5.41, 5.74) is 0.705. The standard InChI is InChI=1S/C22H34N2O3/c1-26-15-16-27-20-11-9-18(10-12-20)22(25)23-21-8-4-3-7-19(21)17-24-13-5-2-6-14-24/h9-12,19,21H,2-8,13-17H2,1H3,(H,23,25). The molecular formula is C22H34N2O3. The van der Waals surface area contributed by atoms with Gasteiger partial charge in [0.2, 0.25) is 0 Å². The van der Waals surface area contributed by atoms with Gasteiger partial charge < -0.3 is 19.7 Å². The number of amides is 1. The summed E-state index contributed by atoms with van der Waals surface area (Å²) in [6.45, 7) is 4.66. The lowest BCUT2D eigenvalue weighted by Gasteiger charge is -2.37. The molecule has 0 spiro atoms. The number of carbonyl (C=O) groups excluding carboxylic acids is 1. The molecule has 3 rings (SSSR count). The molecule has 0 bridgehead atoms. The smallest absolute Gasteiger partial charge is 0.251 e. The minimum atomic E-state index is 0.0361. The molecule has 1 aliphatic carbocycles. The van der Waals surface area contributed by atoms with Crippen LogP contribution in [0.25, 0.3) is 0 Å². The number of methoxy groups -OCH3 is 1. The van der Waals surface area contributed by atoms with Crippen molar-refractivity contribution in [2.24, 2.45) is 5.92 Å². The van der Waals surface area contributed by atoms with E-state index >= 15 is 0 Å². The number of benzene rings is 1. The number of rotatable bonds is 8. The average molecular weight is 375 g/mol. The molecular weight excluding hydrogens is 340 g/mol. The second-order valence-corrected chi connectivity index (χ2v) is 7.85. The minimum Gasteiger partial charge on any atom is -0.491 e. The second-order valence-electron chi connectivity index (χ2n) is 7.85. The molecule has 1 amide bonds. The molecule has 1 heterocycles. The van der Waals surface area contributed by atoms with E-state index in [2.05, 4.69) is 10.2 Å². The van der Waals surface area contributed by atoms with Crippen molar-refractivity contribution in [1.29, 1.82) is 0 Å². The Hall–Kier alpha value is -1.59. The Balaban J connectivity index is 1.52. The Kier molecular flexibility index (Phi) is 7.96. The molecule has 5 heteroatoms. The van der Waals surface area contributed by atoms with Gasteiger partial charge in [-0.25, -0.2) is 0 Å². The Morgan fingerprint density at radius 1 is 1.04 bits per heavy atom. The van der Waals surface area contributed by atoms with Crippen molar-refractivity contribution in [3.8, 4) is 5.75 Å². The second kappa shape index (κ2) is 10.7. The van der Waals surface area contributed by atoms with E-state index in [0.717, 1.165) is 18.7 Å². The molecule has 5 nitrogen and oxygen atoms in total. The summed E-state index contributed by atoms with van der Waals surface area (Å²) in [6, 6.07) is 7.71. The number of hydrogen-bond donors (Lipinski definition) is 1. The van der Waals surface area contributed by atoms with Crippen LogP contribution >= 0.6 is 0 Å². The van der Waals surface area contributed by atoms with Crippen molar-refractivity contribution in [2.45, 2.75) is 51.0 Å². The highest BCUT2D eigenvalue weighted by Crippen LogP contribution is 2.27. The molecule has 1 N–H and O–H groups in total. The van der Waals surface area contributed by atoms with Gasteiger partial charge in [0.25, 0.3) is 5.91 Å². The van der Waals surface area contributed by atoms with Crippen molar-refractivity contribution >= 4 is 5.91 Å². The minimum absolute atomic E-state index is 0.0361. The summed E-state index contributed by atoms with van der Waals surface area (Å²) in [4.78, 5) is 15.3. The summed E-state index contributed by atoms with van der Waals surface area (Å²) in [5, 5.41) is 3.32. The third-order valence-electron chi connectivity index (χ3n) is 5.84. The topological polar surface area (TPSA) is 50.8 Å². The molecule has 150 valence electrons. The lowest BCUT2D eigenvalue weighted by atomic mass is 9.83. The normalized spacial score (nSPS) is 23.7. The molecule has 0 radical (unpaired) electrons. The zero-order valence-electron chi connectivity index (χ0n) is 16.6. The predicted molar refractivity (Wildman–Crippen MR) is 107 cm³/mol. The average Bonchev–Trinajstić information content (AvgIpc) is 2.71. The maximum Gasteiger partial charge on any atom is 0.251 e. The molecule has 1 saturated heterocycles. The van der Waals surface area contributed by atoms with E-state index in [4.69, 9.17) is 9.47 Å². The lowest BCUT2D eigenvalue weighted by Crippen LogP contribution is -2.47. The fraction of sp³-hybridized carbons (Fsp3) is 0.682. The third kappa shape index (κ3) is 6.22. The fourth-order valence-electron chi connectivity index (χ4n) is 4.29. The zero-order valence-corrected chi connectivity index (χ0v) is 16.6. The van der Waals surface area contributed by atoms with Crippen molar-refractivity contribution in [2.75, 3.05) is 40.0 Å². The summed E-state index contributed by atoms with van der Waals surface area (Å²) in [5.74, 6) is 1.38. The van der Waals surface area contributed by atoms with Gasteiger partial charge in [-0.05, 0) is 69.0 Å². The molecule has 2 atom stereocenters. The van der Waals surface area contributed by atoms with E-state index in [-0.39, 0.29) is 5.91 Å². The van der Waals surface area contributed by atoms with Gasteiger partial charge in [-0.3, -0.25) is 4.79 Å². The first-order chi connectivity index (χ1) is 13.3. The van der Waals surface area contributed by atoms with E-state index in [9.17, 15) is 4.79 Å². The molecule has 1 saturated carbocycles. The van der Waals surface area contributed by atoms with Gasteiger partial charge >= 0.3 is 0 Å². The quantitative estimate of drug-likeness (QED) is 0.708. The van der Waals surface area contributed by atoms with Crippen LogP contribution < -0.4 is 10.1 Å². The van der Waals surface area contributed by atoms with E-state index in [1.807, 2.05) is 24.3 Å². The number of carbonyl (C=O) groups is 1. The summed E-state index contributed by atoms with van der Waals surface area (Å²) < 4.78 is 10.6. The van der Waals surface area contributed by atoms with Crippen LogP contribution in [0.2, 0.25) is 0 Å².